The molecule has 0 aromatic heterocycles. The van der Waals surface area contributed by atoms with Crippen molar-refractivity contribution in [2.45, 2.75) is 11.8 Å². The summed E-state index contributed by atoms with van der Waals surface area (Å²) in [4.78, 5) is 0. The molecule has 1 aliphatic heterocycles. The van der Waals surface area contributed by atoms with Gasteiger partial charge in [-0.2, -0.15) is 0 Å². The van der Waals surface area contributed by atoms with E-state index in [9.17, 15) is 0 Å². The van der Waals surface area contributed by atoms with Gasteiger partial charge in [0.15, 0.2) is 0 Å². The number of para-hydroxylation sites is 1. The van der Waals surface area contributed by atoms with Gasteiger partial charge in [-0.3, -0.25) is 0 Å². The molecule has 0 amide bonds. The molecular formula is C17H18ClNO. The molecule has 2 aromatic carbocycles. The minimum atomic E-state index is 0.118. The summed E-state index contributed by atoms with van der Waals surface area (Å²) in [5, 5.41) is 4.22. The Hall–Kier alpha value is -1.51. The second kappa shape index (κ2) is 5.86. The van der Waals surface area contributed by atoms with Crippen molar-refractivity contribution < 1.29 is 4.74 Å². The zero-order chi connectivity index (χ0) is 13.8. The van der Waals surface area contributed by atoms with Gasteiger partial charge in [0, 0.05) is 23.5 Å². The number of hydrogen-bond donors (Lipinski definition) is 1. The van der Waals surface area contributed by atoms with Crippen LogP contribution in [0.1, 0.15) is 12.0 Å². The van der Waals surface area contributed by atoms with Gasteiger partial charge >= 0.3 is 0 Å². The van der Waals surface area contributed by atoms with E-state index in [0.29, 0.717) is 6.61 Å². The van der Waals surface area contributed by atoms with Crippen molar-refractivity contribution in [3.8, 4) is 5.75 Å². The SMILES string of the molecule is Clc1ccccc1C1(CCOc2ccccc2)CNC1. The van der Waals surface area contributed by atoms with Gasteiger partial charge in [-0.15, -0.1) is 0 Å². The lowest BCUT2D eigenvalue weighted by Crippen LogP contribution is -2.57. The van der Waals surface area contributed by atoms with Crippen LogP contribution < -0.4 is 10.1 Å². The third kappa shape index (κ3) is 2.67. The molecule has 104 valence electrons. The first-order chi connectivity index (χ1) is 9.80. The molecule has 1 aliphatic rings. The molecule has 0 spiro atoms. The first kappa shape index (κ1) is 13.5. The zero-order valence-corrected chi connectivity index (χ0v) is 12.1. The van der Waals surface area contributed by atoms with Crippen LogP contribution in [0.3, 0.4) is 0 Å². The lowest BCUT2D eigenvalue weighted by atomic mass is 9.73. The Morgan fingerprint density at radius 1 is 1.00 bits per heavy atom. The molecular weight excluding hydrogens is 270 g/mol. The average Bonchev–Trinajstić information content (AvgIpc) is 2.44. The first-order valence-electron chi connectivity index (χ1n) is 6.94. The summed E-state index contributed by atoms with van der Waals surface area (Å²) in [6.45, 7) is 2.64. The molecule has 0 atom stereocenters. The largest absolute Gasteiger partial charge is 0.494 e. The van der Waals surface area contributed by atoms with Crippen LogP contribution >= 0.6 is 11.6 Å². The van der Waals surface area contributed by atoms with Crippen molar-refractivity contribution in [1.29, 1.82) is 0 Å². The van der Waals surface area contributed by atoms with E-state index < -0.39 is 0 Å². The Bertz CT molecular complexity index is 566. The average molecular weight is 288 g/mol. The van der Waals surface area contributed by atoms with Gasteiger partial charge in [0.1, 0.15) is 5.75 Å². The van der Waals surface area contributed by atoms with Crippen LogP contribution in [0.15, 0.2) is 54.6 Å². The summed E-state index contributed by atoms with van der Waals surface area (Å²) in [7, 11) is 0. The molecule has 20 heavy (non-hydrogen) atoms. The van der Waals surface area contributed by atoms with Gasteiger partial charge in [0.25, 0.3) is 0 Å². The fourth-order valence-corrected chi connectivity index (χ4v) is 3.04. The maximum Gasteiger partial charge on any atom is 0.119 e. The van der Waals surface area contributed by atoms with Crippen LogP contribution in [0.25, 0.3) is 0 Å². The molecule has 3 heteroatoms. The van der Waals surface area contributed by atoms with Crippen LogP contribution in [0.2, 0.25) is 5.02 Å². The van der Waals surface area contributed by atoms with E-state index in [4.69, 9.17) is 16.3 Å². The van der Waals surface area contributed by atoms with Gasteiger partial charge in [-0.25, -0.2) is 0 Å². The van der Waals surface area contributed by atoms with Crippen LogP contribution in [-0.2, 0) is 5.41 Å². The summed E-state index contributed by atoms with van der Waals surface area (Å²) < 4.78 is 5.83. The predicted molar refractivity (Wildman–Crippen MR) is 82.6 cm³/mol. The molecule has 3 rings (SSSR count). The van der Waals surface area contributed by atoms with Gasteiger partial charge in [0.05, 0.1) is 6.61 Å². The molecule has 0 aliphatic carbocycles. The second-order valence-corrected chi connectivity index (χ2v) is 5.68. The monoisotopic (exact) mass is 287 g/mol. The van der Waals surface area contributed by atoms with Crippen LogP contribution in [0.4, 0.5) is 0 Å². The molecule has 0 saturated carbocycles. The Balaban J connectivity index is 1.67. The van der Waals surface area contributed by atoms with Crippen molar-refractivity contribution in [3.63, 3.8) is 0 Å². The van der Waals surface area contributed by atoms with E-state index in [-0.39, 0.29) is 5.41 Å². The fraction of sp³-hybridized carbons (Fsp3) is 0.294. The van der Waals surface area contributed by atoms with E-state index in [0.717, 1.165) is 30.3 Å². The molecule has 1 N–H and O–H groups in total. The van der Waals surface area contributed by atoms with Gasteiger partial charge in [-0.1, -0.05) is 48.0 Å². The molecule has 2 aromatic rings. The third-order valence-corrected chi connectivity index (χ3v) is 4.29. The molecule has 0 bridgehead atoms. The highest BCUT2D eigenvalue weighted by atomic mass is 35.5. The van der Waals surface area contributed by atoms with Crippen molar-refractivity contribution in [2.24, 2.45) is 0 Å². The maximum atomic E-state index is 6.35. The quantitative estimate of drug-likeness (QED) is 0.906. The standard InChI is InChI=1S/C17H18ClNO/c18-16-9-5-4-8-15(16)17(12-19-13-17)10-11-20-14-6-2-1-3-7-14/h1-9,19H,10-13H2. The molecule has 1 fully saturated rings. The second-order valence-electron chi connectivity index (χ2n) is 5.28. The van der Waals surface area contributed by atoms with Crippen molar-refractivity contribution in [1.82, 2.24) is 5.32 Å². The lowest BCUT2D eigenvalue weighted by Gasteiger charge is -2.43. The van der Waals surface area contributed by atoms with E-state index >= 15 is 0 Å². The summed E-state index contributed by atoms with van der Waals surface area (Å²) >= 11 is 6.35. The topological polar surface area (TPSA) is 21.3 Å². The number of nitrogens with one attached hydrogen (secondary N) is 1. The summed E-state index contributed by atoms with van der Waals surface area (Å²) in [5.41, 5.74) is 1.35. The Morgan fingerprint density at radius 2 is 1.70 bits per heavy atom. The molecule has 2 nitrogen and oxygen atoms in total. The predicted octanol–water partition coefficient (Wildman–Crippen LogP) is 3.65. The molecule has 0 radical (unpaired) electrons. The van der Waals surface area contributed by atoms with E-state index in [1.165, 1.54) is 5.56 Å². The summed E-state index contributed by atoms with van der Waals surface area (Å²) in [5.74, 6) is 0.925. The molecule has 1 heterocycles. The number of ether oxygens (including phenoxy) is 1. The smallest absolute Gasteiger partial charge is 0.119 e. The zero-order valence-electron chi connectivity index (χ0n) is 11.3. The van der Waals surface area contributed by atoms with Crippen LogP contribution in [0, 0.1) is 0 Å². The minimum absolute atomic E-state index is 0.118. The van der Waals surface area contributed by atoms with Crippen LogP contribution in [-0.4, -0.2) is 19.7 Å². The highest BCUT2D eigenvalue weighted by Crippen LogP contribution is 2.36. The first-order valence-corrected chi connectivity index (χ1v) is 7.32. The van der Waals surface area contributed by atoms with Crippen molar-refractivity contribution in [2.75, 3.05) is 19.7 Å². The van der Waals surface area contributed by atoms with Crippen LogP contribution in [0.5, 0.6) is 5.75 Å². The Labute approximate surface area is 124 Å². The maximum absolute atomic E-state index is 6.35. The number of benzene rings is 2. The Morgan fingerprint density at radius 3 is 2.35 bits per heavy atom. The van der Waals surface area contributed by atoms with Crippen molar-refractivity contribution >= 4 is 11.6 Å². The Kier molecular flexibility index (Phi) is 3.95. The van der Waals surface area contributed by atoms with E-state index in [1.807, 2.05) is 42.5 Å². The van der Waals surface area contributed by atoms with Crippen molar-refractivity contribution in [3.05, 3.63) is 65.2 Å². The summed E-state index contributed by atoms with van der Waals surface area (Å²) in [6, 6.07) is 18.1. The fourth-order valence-electron chi connectivity index (χ4n) is 2.70. The summed E-state index contributed by atoms with van der Waals surface area (Å²) in [6.07, 6.45) is 0.971. The number of rotatable bonds is 5. The normalized spacial score (nSPS) is 16.4. The highest BCUT2D eigenvalue weighted by molar-refractivity contribution is 6.31. The van der Waals surface area contributed by atoms with E-state index in [2.05, 4.69) is 17.4 Å². The highest BCUT2D eigenvalue weighted by Gasteiger charge is 2.39. The van der Waals surface area contributed by atoms with Gasteiger partial charge < -0.3 is 10.1 Å². The lowest BCUT2D eigenvalue weighted by molar-refractivity contribution is 0.199. The molecule has 0 unspecified atom stereocenters. The number of hydrogen-bond acceptors (Lipinski definition) is 2. The molecule has 1 saturated heterocycles. The third-order valence-electron chi connectivity index (χ3n) is 3.96. The minimum Gasteiger partial charge on any atom is -0.494 e. The number of halogens is 1. The van der Waals surface area contributed by atoms with E-state index in [1.54, 1.807) is 0 Å². The van der Waals surface area contributed by atoms with Gasteiger partial charge in [0.2, 0.25) is 0 Å². The van der Waals surface area contributed by atoms with Gasteiger partial charge in [-0.05, 0) is 30.2 Å².